The van der Waals surface area contributed by atoms with Crippen molar-refractivity contribution in [2.45, 2.75) is 18.4 Å². The fourth-order valence-corrected chi connectivity index (χ4v) is 2.92. The smallest absolute Gasteiger partial charge is 0.225 e. The number of carbonyl (C=O) groups excluding carboxylic acids is 1. The summed E-state index contributed by atoms with van der Waals surface area (Å²) in [7, 11) is 0. The molecule has 0 saturated carbocycles. The van der Waals surface area contributed by atoms with Gasteiger partial charge in [-0.1, -0.05) is 60.7 Å². The van der Waals surface area contributed by atoms with Crippen molar-refractivity contribution in [3.05, 3.63) is 71.8 Å². The Morgan fingerprint density at radius 3 is 1.95 bits per heavy atom. The van der Waals surface area contributed by atoms with Gasteiger partial charge in [0.15, 0.2) is 0 Å². The van der Waals surface area contributed by atoms with Crippen LogP contribution in [0.25, 0.3) is 0 Å². The molecule has 1 amide bonds. The fraction of sp³-hybridized carbons (Fsp3) is 0.278. The molecule has 0 bridgehead atoms. The number of amides is 1. The first-order valence-corrected chi connectivity index (χ1v) is 7.30. The van der Waals surface area contributed by atoms with Crippen LogP contribution >= 0.6 is 0 Å². The van der Waals surface area contributed by atoms with E-state index in [2.05, 4.69) is 24.3 Å². The molecule has 3 nitrogen and oxygen atoms in total. The molecule has 108 valence electrons. The highest BCUT2D eigenvalue weighted by Gasteiger charge is 2.30. The van der Waals surface area contributed by atoms with Crippen molar-refractivity contribution in [3.8, 4) is 0 Å². The van der Waals surface area contributed by atoms with E-state index in [1.165, 1.54) is 11.1 Å². The van der Waals surface area contributed by atoms with Crippen LogP contribution in [0.3, 0.4) is 0 Å². The molecule has 1 N–H and O–H groups in total. The van der Waals surface area contributed by atoms with E-state index in [1.54, 1.807) is 4.90 Å². The molecule has 0 spiro atoms. The van der Waals surface area contributed by atoms with Gasteiger partial charge >= 0.3 is 0 Å². The maximum atomic E-state index is 11.9. The van der Waals surface area contributed by atoms with Gasteiger partial charge in [-0.2, -0.15) is 0 Å². The van der Waals surface area contributed by atoms with E-state index in [1.807, 2.05) is 36.4 Å². The SMILES string of the molecule is O=C1CC(O)CN1CC(c1ccccc1)c1ccccc1. The number of nitrogens with zero attached hydrogens (tertiary/aromatic N) is 1. The Bertz CT molecular complexity index is 558. The number of benzene rings is 2. The summed E-state index contributed by atoms with van der Waals surface area (Å²) in [6.45, 7) is 1.05. The van der Waals surface area contributed by atoms with Crippen LogP contribution < -0.4 is 0 Å². The lowest BCUT2D eigenvalue weighted by Crippen LogP contribution is -2.31. The number of aliphatic hydroxyl groups excluding tert-OH is 1. The van der Waals surface area contributed by atoms with E-state index in [9.17, 15) is 9.90 Å². The molecule has 2 aromatic carbocycles. The van der Waals surface area contributed by atoms with Gasteiger partial charge in [-0.25, -0.2) is 0 Å². The zero-order valence-electron chi connectivity index (χ0n) is 11.9. The molecule has 1 unspecified atom stereocenters. The third kappa shape index (κ3) is 3.14. The molecule has 1 fully saturated rings. The van der Waals surface area contributed by atoms with Crippen LogP contribution in [0.2, 0.25) is 0 Å². The minimum absolute atomic E-state index is 0.0411. The molecule has 21 heavy (non-hydrogen) atoms. The van der Waals surface area contributed by atoms with Crippen molar-refractivity contribution in [1.29, 1.82) is 0 Å². The Balaban J connectivity index is 1.88. The number of β-amino-alcohol motifs (C(OH)–C–C–N with tert-alkyl or cyclic N) is 1. The Morgan fingerprint density at radius 2 is 1.52 bits per heavy atom. The lowest BCUT2D eigenvalue weighted by atomic mass is 9.91. The summed E-state index contributed by atoms with van der Waals surface area (Å²) in [6, 6.07) is 20.4. The number of likely N-dealkylation sites (tertiary alicyclic amines) is 1. The minimum atomic E-state index is -0.523. The van der Waals surface area contributed by atoms with Crippen LogP contribution in [0.4, 0.5) is 0 Å². The summed E-state index contributed by atoms with van der Waals surface area (Å²) in [5, 5.41) is 9.66. The summed E-state index contributed by atoms with van der Waals surface area (Å²) in [5.41, 5.74) is 2.38. The predicted octanol–water partition coefficient (Wildman–Crippen LogP) is 2.41. The van der Waals surface area contributed by atoms with Gasteiger partial charge in [0.1, 0.15) is 0 Å². The summed E-state index contributed by atoms with van der Waals surface area (Å²) >= 11 is 0. The van der Waals surface area contributed by atoms with Crippen molar-refractivity contribution in [3.63, 3.8) is 0 Å². The normalized spacial score (nSPS) is 18.5. The highest BCUT2D eigenvalue weighted by atomic mass is 16.3. The van der Waals surface area contributed by atoms with Crippen LogP contribution in [0, 0.1) is 0 Å². The number of carbonyl (C=O) groups is 1. The van der Waals surface area contributed by atoms with Gasteiger partial charge in [-0.05, 0) is 11.1 Å². The Hall–Kier alpha value is -2.13. The van der Waals surface area contributed by atoms with Crippen molar-refractivity contribution in [2.24, 2.45) is 0 Å². The first kappa shape index (κ1) is 13.8. The molecule has 0 aliphatic carbocycles. The number of rotatable bonds is 4. The third-order valence-electron chi connectivity index (χ3n) is 4.00. The highest BCUT2D eigenvalue weighted by Crippen LogP contribution is 2.27. The molecule has 2 aromatic rings. The molecule has 3 rings (SSSR count). The van der Waals surface area contributed by atoms with Gasteiger partial charge in [-0.15, -0.1) is 0 Å². The van der Waals surface area contributed by atoms with Crippen molar-refractivity contribution in [2.75, 3.05) is 13.1 Å². The van der Waals surface area contributed by atoms with E-state index < -0.39 is 6.10 Å². The van der Waals surface area contributed by atoms with Gasteiger partial charge < -0.3 is 10.0 Å². The second-order valence-corrected chi connectivity index (χ2v) is 5.53. The first-order chi connectivity index (χ1) is 10.2. The lowest BCUT2D eigenvalue weighted by Gasteiger charge is -2.24. The van der Waals surface area contributed by atoms with Crippen LogP contribution in [0.15, 0.2) is 60.7 Å². The van der Waals surface area contributed by atoms with Gasteiger partial charge in [0.25, 0.3) is 0 Å². The summed E-state index contributed by atoms with van der Waals surface area (Å²) in [5.74, 6) is 0.181. The van der Waals surface area contributed by atoms with Crippen LogP contribution in [0.5, 0.6) is 0 Å². The van der Waals surface area contributed by atoms with E-state index in [-0.39, 0.29) is 18.2 Å². The number of hydrogen-bond donors (Lipinski definition) is 1. The molecule has 3 heteroatoms. The summed E-state index contributed by atoms with van der Waals surface area (Å²) in [6.07, 6.45) is -0.277. The van der Waals surface area contributed by atoms with Crippen LogP contribution in [-0.2, 0) is 4.79 Å². The van der Waals surface area contributed by atoms with Crippen LogP contribution in [0.1, 0.15) is 23.5 Å². The molecular formula is C18H19NO2. The number of aliphatic hydroxyl groups is 1. The topological polar surface area (TPSA) is 40.5 Å². The molecule has 0 radical (unpaired) electrons. The monoisotopic (exact) mass is 281 g/mol. The number of hydrogen-bond acceptors (Lipinski definition) is 2. The van der Waals surface area contributed by atoms with Crippen LogP contribution in [-0.4, -0.2) is 35.1 Å². The van der Waals surface area contributed by atoms with Gasteiger partial charge in [0.2, 0.25) is 5.91 Å². The third-order valence-corrected chi connectivity index (χ3v) is 4.00. The van der Waals surface area contributed by atoms with E-state index in [0.29, 0.717) is 13.1 Å². The lowest BCUT2D eigenvalue weighted by molar-refractivity contribution is -0.127. The molecular weight excluding hydrogens is 262 g/mol. The fourth-order valence-electron chi connectivity index (χ4n) is 2.92. The molecule has 1 aliphatic heterocycles. The van der Waals surface area contributed by atoms with Gasteiger partial charge in [0.05, 0.1) is 12.5 Å². The van der Waals surface area contributed by atoms with E-state index >= 15 is 0 Å². The largest absolute Gasteiger partial charge is 0.391 e. The summed E-state index contributed by atoms with van der Waals surface area (Å²) < 4.78 is 0. The average Bonchev–Trinajstić information content (AvgIpc) is 2.84. The molecule has 1 aliphatic rings. The van der Waals surface area contributed by atoms with E-state index in [0.717, 1.165) is 0 Å². The predicted molar refractivity (Wildman–Crippen MR) is 81.9 cm³/mol. The average molecular weight is 281 g/mol. The second-order valence-electron chi connectivity index (χ2n) is 5.53. The van der Waals surface area contributed by atoms with Gasteiger partial charge in [0, 0.05) is 19.0 Å². The zero-order chi connectivity index (χ0) is 14.7. The minimum Gasteiger partial charge on any atom is -0.391 e. The van der Waals surface area contributed by atoms with Crippen molar-refractivity contribution in [1.82, 2.24) is 4.90 Å². The van der Waals surface area contributed by atoms with E-state index in [4.69, 9.17) is 0 Å². The van der Waals surface area contributed by atoms with Crippen molar-refractivity contribution >= 4 is 5.91 Å². The second kappa shape index (κ2) is 6.10. The Kier molecular flexibility index (Phi) is 4.02. The molecule has 0 aromatic heterocycles. The quantitative estimate of drug-likeness (QED) is 0.935. The Morgan fingerprint density at radius 1 is 1.00 bits per heavy atom. The zero-order valence-corrected chi connectivity index (χ0v) is 11.9. The molecule has 1 atom stereocenters. The van der Waals surface area contributed by atoms with Gasteiger partial charge in [-0.3, -0.25) is 4.79 Å². The molecule has 1 saturated heterocycles. The maximum Gasteiger partial charge on any atom is 0.225 e. The Labute approximate surface area is 124 Å². The standard InChI is InChI=1S/C18H19NO2/c20-16-11-18(21)19(12-16)13-17(14-7-3-1-4-8-14)15-9-5-2-6-10-15/h1-10,16-17,20H,11-13H2. The first-order valence-electron chi connectivity index (χ1n) is 7.30. The van der Waals surface area contributed by atoms with Crippen molar-refractivity contribution < 1.29 is 9.90 Å². The summed E-state index contributed by atoms with van der Waals surface area (Å²) in [4.78, 5) is 13.7. The highest BCUT2D eigenvalue weighted by molar-refractivity contribution is 5.79. The molecule has 1 heterocycles. The maximum absolute atomic E-state index is 11.9.